The highest BCUT2D eigenvalue weighted by Gasteiger charge is 2.27. The minimum atomic E-state index is -3.88. The van der Waals surface area contributed by atoms with Crippen molar-refractivity contribution in [3.63, 3.8) is 0 Å². The second-order valence-electron chi connectivity index (χ2n) is 6.47. The Hall–Kier alpha value is -2.94. The van der Waals surface area contributed by atoms with E-state index in [4.69, 9.17) is 4.74 Å². The smallest absolute Gasteiger partial charge is 0.338 e. The summed E-state index contributed by atoms with van der Waals surface area (Å²) in [6.45, 7) is 1.49. The number of hydrogen-bond acceptors (Lipinski definition) is 5. The molecule has 1 atom stereocenters. The average molecular weight is 406 g/mol. The van der Waals surface area contributed by atoms with E-state index in [0.717, 1.165) is 37.1 Å². The van der Waals surface area contributed by atoms with E-state index in [1.165, 1.54) is 31.2 Å². The average Bonchev–Trinajstić information content (AvgIpc) is 3.46. The number of esters is 1. The highest BCUT2D eigenvalue weighted by atomic mass is 32.2. The van der Waals surface area contributed by atoms with Crippen LogP contribution in [0.5, 0.6) is 0 Å². The van der Waals surface area contributed by atoms with Crippen LogP contribution in [0.15, 0.2) is 53.4 Å². The minimum absolute atomic E-state index is 0.0899. The Bertz CT molecular complexity index is 970. The Labute approximate surface area is 161 Å². The molecule has 1 amide bonds. The van der Waals surface area contributed by atoms with Crippen LogP contribution in [0, 0.1) is 5.82 Å². The van der Waals surface area contributed by atoms with Crippen molar-refractivity contribution in [1.29, 1.82) is 0 Å². The van der Waals surface area contributed by atoms with Crippen LogP contribution in [0.2, 0.25) is 0 Å². The maximum absolute atomic E-state index is 12.9. The number of benzene rings is 2. The monoisotopic (exact) mass is 406 g/mol. The van der Waals surface area contributed by atoms with Crippen LogP contribution in [-0.4, -0.2) is 32.4 Å². The maximum atomic E-state index is 12.9. The number of rotatable bonds is 7. The molecule has 0 bridgehead atoms. The summed E-state index contributed by atoms with van der Waals surface area (Å²) in [4.78, 5) is 23.9. The first-order valence-electron chi connectivity index (χ1n) is 8.64. The topological polar surface area (TPSA) is 102 Å². The molecule has 148 valence electrons. The van der Waals surface area contributed by atoms with Gasteiger partial charge in [0.05, 0.1) is 10.5 Å². The quantitative estimate of drug-likeness (QED) is 0.688. The third kappa shape index (κ3) is 5.07. The number of carbonyl (C=O) groups excluding carboxylic acids is 2. The van der Waals surface area contributed by atoms with Crippen LogP contribution < -0.4 is 10.0 Å². The second-order valence-corrected chi connectivity index (χ2v) is 8.15. The lowest BCUT2D eigenvalue weighted by Crippen LogP contribution is -2.37. The fourth-order valence-corrected chi connectivity index (χ4v) is 3.39. The molecule has 2 aromatic carbocycles. The van der Waals surface area contributed by atoms with Gasteiger partial charge in [-0.15, -0.1) is 0 Å². The second kappa shape index (κ2) is 7.97. The van der Waals surface area contributed by atoms with Crippen LogP contribution in [-0.2, 0) is 19.6 Å². The van der Waals surface area contributed by atoms with Gasteiger partial charge in [0.1, 0.15) is 5.82 Å². The third-order valence-electron chi connectivity index (χ3n) is 4.07. The predicted molar refractivity (Wildman–Crippen MR) is 99.7 cm³/mol. The molecule has 0 aromatic heterocycles. The molecule has 0 unspecified atom stereocenters. The number of amides is 1. The molecular formula is C19H19FN2O5S. The van der Waals surface area contributed by atoms with Gasteiger partial charge in [0.25, 0.3) is 15.9 Å². The van der Waals surface area contributed by atoms with Gasteiger partial charge in [-0.3, -0.25) is 9.52 Å². The lowest BCUT2D eigenvalue weighted by atomic mass is 10.2. The van der Waals surface area contributed by atoms with Crippen molar-refractivity contribution >= 4 is 27.6 Å². The first kappa shape index (κ1) is 19.8. The van der Waals surface area contributed by atoms with Crippen molar-refractivity contribution in [2.75, 3.05) is 4.72 Å². The molecule has 0 aliphatic heterocycles. The molecule has 0 radical (unpaired) electrons. The van der Waals surface area contributed by atoms with Crippen molar-refractivity contribution in [2.45, 2.75) is 36.8 Å². The normalized spacial score (nSPS) is 14.8. The van der Waals surface area contributed by atoms with Crippen LogP contribution in [0.1, 0.15) is 30.1 Å². The standard InChI is InChI=1S/C19H19FN2O5S/c1-12(18(23)21-15-8-9-15)27-19(24)13-2-6-16(7-3-13)22-28(25,26)17-10-4-14(20)5-11-17/h2-7,10-12,15,22H,8-9H2,1H3,(H,21,23)/t12-/m0/s1. The Kier molecular flexibility index (Phi) is 5.64. The highest BCUT2D eigenvalue weighted by Crippen LogP contribution is 2.20. The number of anilines is 1. The van der Waals surface area contributed by atoms with Gasteiger partial charge < -0.3 is 10.1 Å². The zero-order valence-electron chi connectivity index (χ0n) is 15.0. The first-order chi connectivity index (χ1) is 13.2. The molecule has 2 aromatic rings. The summed E-state index contributed by atoms with van der Waals surface area (Å²) >= 11 is 0. The van der Waals surface area contributed by atoms with Gasteiger partial charge in [0.2, 0.25) is 0 Å². The minimum Gasteiger partial charge on any atom is -0.449 e. The van der Waals surface area contributed by atoms with Crippen molar-refractivity contribution < 1.29 is 27.1 Å². The predicted octanol–water partition coefficient (Wildman–Crippen LogP) is 2.45. The summed E-state index contributed by atoms with van der Waals surface area (Å²) in [5.41, 5.74) is 0.399. The summed E-state index contributed by atoms with van der Waals surface area (Å²) in [5, 5.41) is 2.75. The van der Waals surface area contributed by atoms with E-state index in [9.17, 15) is 22.4 Å². The lowest BCUT2D eigenvalue weighted by Gasteiger charge is -2.13. The molecule has 0 spiro atoms. The van der Waals surface area contributed by atoms with Gasteiger partial charge in [-0.1, -0.05) is 0 Å². The van der Waals surface area contributed by atoms with Crippen LogP contribution in [0.3, 0.4) is 0 Å². The Morgan fingerprint density at radius 3 is 2.25 bits per heavy atom. The number of carbonyl (C=O) groups is 2. The van der Waals surface area contributed by atoms with E-state index in [2.05, 4.69) is 10.0 Å². The molecule has 1 fully saturated rings. The highest BCUT2D eigenvalue weighted by molar-refractivity contribution is 7.92. The number of hydrogen-bond donors (Lipinski definition) is 2. The zero-order valence-corrected chi connectivity index (χ0v) is 15.8. The van der Waals surface area contributed by atoms with E-state index >= 15 is 0 Å². The van der Waals surface area contributed by atoms with Crippen molar-refractivity contribution in [2.24, 2.45) is 0 Å². The summed E-state index contributed by atoms with van der Waals surface area (Å²) in [6, 6.07) is 10.1. The maximum Gasteiger partial charge on any atom is 0.338 e. The molecule has 9 heteroatoms. The van der Waals surface area contributed by atoms with E-state index in [1.807, 2.05) is 0 Å². The van der Waals surface area contributed by atoms with Gasteiger partial charge in [0, 0.05) is 11.7 Å². The molecule has 1 aliphatic rings. The number of ether oxygens (including phenoxy) is 1. The SMILES string of the molecule is C[C@H](OC(=O)c1ccc(NS(=O)(=O)c2ccc(F)cc2)cc1)C(=O)NC1CC1. The van der Waals surface area contributed by atoms with E-state index < -0.39 is 27.9 Å². The summed E-state index contributed by atoms with van der Waals surface area (Å²) in [6.07, 6.45) is 0.938. The van der Waals surface area contributed by atoms with Crippen LogP contribution >= 0.6 is 0 Å². The number of halogens is 1. The van der Waals surface area contributed by atoms with Gasteiger partial charge >= 0.3 is 5.97 Å². The fourth-order valence-electron chi connectivity index (χ4n) is 2.33. The number of nitrogens with one attached hydrogen (secondary N) is 2. The molecular weight excluding hydrogens is 387 g/mol. The van der Waals surface area contributed by atoms with E-state index in [1.54, 1.807) is 0 Å². The molecule has 7 nitrogen and oxygen atoms in total. The van der Waals surface area contributed by atoms with Crippen molar-refractivity contribution in [3.8, 4) is 0 Å². The molecule has 0 heterocycles. The fraction of sp³-hybridized carbons (Fsp3) is 0.263. The Morgan fingerprint density at radius 1 is 1.07 bits per heavy atom. The molecule has 3 rings (SSSR count). The van der Waals surface area contributed by atoms with Gasteiger partial charge in [-0.05, 0) is 68.3 Å². The van der Waals surface area contributed by atoms with E-state index in [-0.39, 0.29) is 28.1 Å². The van der Waals surface area contributed by atoms with Crippen LogP contribution in [0.4, 0.5) is 10.1 Å². The zero-order chi connectivity index (χ0) is 20.3. The van der Waals surface area contributed by atoms with E-state index in [0.29, 0.717) is 0 Å². The van der Waals surface area contributed by atoms with Gasteiger partial charge in [-0.25, -0.2) is 17.6 Å². The van der Waals surface area contributed by atoms with Crippen molar-refractivity contribution in [1.82, 2.24) is 5.32 Å². The Balaban J connectivity index is 1.61. The summed E-state index contributed by atoms with van der Waals surface area (Å²) in [5.74, 6) is -1.58. The third-order valence-corrected chi connectivity index (χ3v) is 5.47. The molecule has 28 heavy (non-hydrogen) atoms. The Morgan fingerprint density at radius 2 is 1.68 bits per heavy atom. The van der Waals surface area contributed by atoms with Gasteiger partial charge in [0.15, 0.2) is 6.10 Å². The lowest BCUT2D eigenvalue weighted by molar-refractivity contribution is -0.129. The summed E-state index contributed by atoms with van der Waals surface area (Å²) in [7, 11) is -3.88. The van der Waals surface area contributed by atoms with Crippen LogP contribution in [0.25, 0.3) is 0 Å². The summed E-state index contributed by atoms with van der Waals surface area (Å²) < 4.78 is 45.0. The first-order valence-corrected chi connectivity index (χ1v) is 10.1. The number of sulfonamides is 1. The molecule has 1 aliphatic carbocycles. The van der Waals surface area contributed by atoms with Gasteiger partial charge in [-0.2, -0.15) is 0 Å². The van der Waals surface area contributed by atoms with Crippen molar-refractivity contribution in [3.05, 3.63) is 59.9 Å². The molecule has 1 saturated carbocycles. The largest absolute Gasteiger partial charge is 0.449 e. The molecule has 0 saturated heterocycles. The molecule has 2 N–H and O–H groups in total.